The van der Waals surface area contributed by atoms with Crippen LogP contribution in [0.5, 0.6) is 0 Å². The normalized spacial score (nSPS) is 19.5. The number of aryl methyl sites for hydroxylation is 2. The Morgan fingerprint density at radius 2 is 2.00 bits per heavy atom. The van der Waals surface area contributed by atoms with Gasteiger partial charge in [-0.3, -0.25) is 14.3 Å². The number of ether oxygens (including phenoxy) is 2. The third kappa shape index (κ3) is 3.67. The van der Waals surface area contributed by atoms with Gasteiger partial charge < -0.3 is 9.47 Å². The minimum atomic E-state index is -0.589. The average Bonchev–Trinajstić information content (AvgIpc) is 2.97. The molecule has 0 amide bonds. The van der Waals surface area contributed by atoms with Crippen molar-refractivity contribution < 1.29 is 14.3 Å². The van der Waals surface area contributed by atoms with Gasteiger partial charge >= 0.3 is 11.7 Å². The van der Waals surface area contributed by atoms with Crippen molar-refractivity contribution >= 4 is 5.97 Å². The fourth-order valence-corrected chi connectivity index (χ4v) is 2.74. The minimum absolute atomic E-state index is 0.0130. The predicted molar refractivity (Wildman–Crippen MR) is 95.2 cm³/mol. The van der Waals surface area contributed by atoms with E-state index in [4.69, 9.17) is 9.47 Å². The highest BCUT2D eigenvalue weighted by Crippen LogP contribution is 2.31. The molecule has 0 unspecified atom stereocenters. The number of aromatic nitrogens is 2. The highest BCUT2D eigenvalue weighted by atomic mass is 16.6. The molecule has 1 fully saturated rings. The van der Waals surface area contributed by atoms with Gasteiger partial charge in [0.2, 0.25) is 0 Å². The summed E-state index contributed by atoms with van der Waals surface area (Å²) in [6, 6.07) is 7.08. The number of benzene rings is 1. The van der Waals surface area contributed by atoms with Crippen LogP contribution in [-0.2, 0) is 9.47 Å². The highest BCUT2D eigenvalue weighted by Gasteiger charge is 2.31. The van der Waals surface area contributed by atoms with Gasteiger partial charge in [0.25, 0.3) is 5.56 Å². The Hall–Kier alpha value is -2.93. The van der Waals surface area contributed by atoms with Gasteiger partial charge in [0.15, 0.2) is 0 Å². The van der Waals surface area contributed by atoms with E-state index in [1.54, 1.807) is 19.1 Å². The maximum Gasteiger partial charge on any atom is 0.338 e. The van der Waals surface area contributed by atoms with Crippen molar-refractivity contribution in [1.82, 2.24) is 9.55 Å². The van der Waals surface area contributed by atoms with Gasteiger partial charge in [0.1, 0.15) is 18.9 Å². The number of nitrogens with one attached hydrogen (secondary N) is 1. The number of hydrogen-bond donors (Lipinski definition) is 1. The van der Waals surface area contributed by atoms with E-state index in [1.165, 1.54) is 10.8 Å². The second kappa shape index (κ2) is 7.13. The minimum Gasteiger partial charge on any atom is -0.459 e. The Morgan fingerprint density at radius 3 is 2.69 bits per heavy atom. The van der Waals surface area contributed by atoms with Crippen molar-refractivity contribution in [3.63, 3.8) is 0 Å². The summed E-state index contributed by atoms with van der Waals surface area (Å²) in [6.45, 7) is 7.50. The van der Waals surface area contributed by atoms with Crippen molar-refractivity contribution in [2.75, 3.05) is 6.61 Å². The summed E-state index contributed by atoms with van der Waals surface area (Å²) in [5.74, 6) is -0.443. The first-order valence-electron chi connectivity index (χ1n) is 8.24. The summed E-state index contributed by atoms with van der Waals surface area (Å²) in [5.41, 5.74) is 1.68. The zero-order valence-corrected chi connectivity index (χ0v) is 14.7. The standard InChI is InChI=1S/C19H20N2O5/c1-11-4-6-14(7-5-11)18(23)25-10-15-12(2)8-16(26-15)21-9-13(3)17(22)20-19(21)24/h4-7,9,15-16H,2,8,10H2,1,3H3,(H,20,22,24)/t15-,16-/m1/s1. The highest BCUT2D eigenvalue weighted by molar-refractivity contribution is 5.89. The molecule has 2 aromatic rings. The van der Waals surface area contributed by atoms with Crippen LogP contribution in [0.2, 0.25) is 0 Å². The van der Waals surface area contributed by atoms with E-state index in [2.05, 4.69) is 11.6 Å². The number of hydrogen-bond acceptors (Lipinski definition) is 5. The molecule has 3 rings (SSSR count). The third-order valence-electron chi connectivity index (χ3n) is 4.32. The number of nitrogens with zero attached hydrogens (tertiary/aromatic N) is 1. The molecule has 7 nitrogen and oxygen atoms in total. The fraction of sp³-hybridized carbons (Fsp3) is 0.316. The lowest BCUT2D eigenvalue weighted by molar-refractivity contribution is -0.0286. The van der Waals surface area contributed by atoms with E-state index in [1.807, 2.05) is 19.1 Å². The molecule has 0 spiro atoms. The summed E-state index contributed by atoms with van der Waals surface area (Å²) in [5, 5.41) is 0. The van der Waals surface area contributed by atoms with Gasteiger partial charge in [0, 0.05) is 18.2 Å². The monoisotopic (exact) mass is 356 g/mol. The molecular weight excluding hydrogens is 336 g/mol. The molecule has 136 valence electrons. The number of aromatic amines is 1. The predicted octanol–water partition coefficient (Wildman–Crippen LogP) is 1.85. The van der Waals surface area contributed by atoms with Crippen LogP contribution in [0, 0.1) is 13.8 Å². The first kappa shape index (κ1) is 17.9. The molecular formula is C19H20N2O5. The molecule has 1 aromatic carbocycles. The molecule has 0 saturated carbocycles. The number of esters is 1. The van der Waals surface area contributed by atoms with E-state index in [0.29, 0.717) is 17.5 Å². The second-order valence-corrected chi connectivity index (χ2v) is 6.38. The van der Waals surface area contributed by atoms with Crippen LogP contribution < -0.4 is 11.2 Å². The largest absolute Gasteiger partial charge is 0.459 e. The van der Waals surface area contributed by atoms with Gasteiger partial charge in [-0.15, -0.1) is 0 Å². The molecule has 0 bridgehead atoms. The molecule has 1 saturated heterocycles. The Morgan fingerprint density at radius 1 is 1.31 bits per heavy atom. The molecule has 1 aromatic heterocycles. The van der Waals surface area contributed by atoms with Crippen LogP contribution in [0.4, 0.5) is 0 Å². The van der Waals surface area contributed by atoms with Crippen LogP contribution in [0.3, 0.4) is 0 Å². The zero-order valence-electron chi connectivity index (χ0n) is 14.7. The first-order valence-corrected chi connectivity index (χ1v) is 8.24. The third-order valence-corrected chi connectivity index (χ3v) is 4.32. The Labute approximate surface area is 149 Å². The number of carbonyl (C=O) groups excluding carboxylic acids is 1. The summed E-state index contributed by atoms with van der Waals surface area (Å²) in [6.07, 6.45) is 0.764. The van der Waals surface area contributed by atoms with Gasteiger partial charge in [-0.1, -0.05) is 24.3 Å². The van der Waals surface area contributed by atoms with Gasteiger partial charge in [-0.2, -0.15) is 0 Å². The number of H-pyrrole nitrogens is 1. The van der Waals surface area contributed by atoms with Crippen molar-refractivity contribution in [2.45, 2.75) is 32.6 Å². The fourth-order valence-electron chi connectivity index (χ4n) is 2.74. The molecule has 1 aliphatic heterocycles. The Bertz CT molecular complexity index is 955. The molecule has 2 heterocycles. The maximum absolute atomic E-state index is 12.1. The summed E-state index contributed by atoms with van der Waals surface area (Å²) in [4.78, 5) is 37.8. The Kier molecular flexibility index (Phi) is 4.90. The molecule has 0 aliphatic carbocycles. The van der Waals surface area contributed by atoms with E-state index >= 15 is 0 Å². The second-order valence-electron chi connectivity index (χ2n) is 6.38. The summed E-state index contributed by atoms with van der Waals surface area (Å²) in [7, 11) is 0. The van der Waals surface area contributed by atoms with Crippen molar-refractivity contribution in [1.29, 1.82) is 0 Å². The van der Waals surface area contributed by atoms with Crippen molar-refractivity contribution in [3.05, 3.63) is 80.1 Å². The molecule has 26 heavy (non-hydrogen) atoms. The Balaban J connectivity index is 1.66. The molecule has 7 heteroatoms. The first-order chi connectivity index (χ1) is 12.3. The lowest BCUT2D eigenvalue weighted by atomic mass is 10.1. The summed E-state index contributed by atoms with van der Waals surface area (Å²) >= 11 is 0. The van der Waals surface area contributed by atoms with E-state index in [-0.39, 0.29) is 6.61 Å². The van der Waals surface area contributed by atoms with Crippen LogP contribution in [0.25, 0.3) is 0 Å². The average molecular weight is 356 g/mol. The van der Waals surface area contributed by atoms with E-state index in [0.717, 1.165) is 11.1 Å². The van der Waals surface area contributed by atoms with Crippen LogP contribution in [0.15, 0.2) is 52.2 Å². The van der Waals surface area contributed by atoms with E-state index < -0.39 is 29.6 Å². The van der Waals surface area contributed by atoms with Crippen LogP contribution in [-0.4, -0.2) is 28.2 Å². The van der Waals surface area contributed by atoms with Gasteiger partial charge in [-0.05, 0) is 31.6 Å². The SMILES string of the molecule is C=C1C[C@H](n2cc(C)c(=O)[nH]c2=O)O[C@@H]1COC(=O)c1ccc(C)cc1. The molecule has 0 radical (unpaired) electrons. The quantitative estimate of drug-likeness (QED) is 0.667. The van der Waals surface area contributed by atoms with Crippen LogP contribution in [0.1, 0.15) is 34.1 Å². The zero-order chi connectivity index (χ0) is 18.8. The molecule has 1 aliphatic rings. The van der Waals surface area contributed by atoms with Gasteiger partial charge in [0.05, 0.1) is 5.56 Å². The lowest BCUT2D eigenvalue weighted by Crippen LogP contribution is -2.33. The molecule has 2 atom stereocenters. The number of carbonyl (C=O) groups is 1. The van der Waals surface area contributed by atoms with E-state index in [9.17, 15) is 14.4 Å². The summed E-state index contributed by atoms with van der Waals surface area (Å²) < 4.78 is 12.4. The van der Waals surface area contributed by atoms with Crippen molar-refractivity contribution in [3.8, 4) is 0 Å². The maximum atomic E-state index is 12.1. The van der Waals surface area contributed by atoms with Crippen LogP contribution >= 0.6 is 0 Å². The smallest absolute Gasteiger partial charge is 0.338 e. The van der Waals surface area contributed by atoms with Crippen molar-refractivity contribution in [2.24, 2.45) is 0 Å². The topological polar surface area (TPSA) is 90.4 Å². The van der Waals surface area contributed by atoms with Gasteiger partial charge in [-0.25, -0.2) is 9.59 Å². The molecule has 1 N–H and O–H groups in total. The lowest BCUT2D eigenvalue weighted by Gasteiger charge is -2.16. The number of rotatable bonds is 4.